The Labute approximate surface area is 114 Å². The van der Waals surface area contributed by atoms with E-state index >= 15 is 0 Å². The van der Waals surface area contributed by atoms with Crippen LogP contribution in [0, 0.1) is 0 Å². The van der Waals surface area contributed by atoms with Gasteiger partial charge in [0.2, 0.25) is 0 Å². The van der Waals surface area contributed by atoms with Gasteiger partial charge in [0, 0.05) is 26.7 Å². The van der Waals surface area contributed by atoms with Crippen LogP contribution in [0.25, 0.3) is 0 Å². The van der Waals surface area contributed by atoms with Gasteiger partial charge in [-0.3, -0.25) is 4.79 Å². The van der Waals surface area contributed by atoms with E-state index in [1.807, 2.05) is 38.2 Å². The Morgan fingerprint density at radius 3 is 2.68 bits per heavy atom. The number of hydrogen-bond acceptors (Lipinski definition) is 3. The molecular formula is C15H22N2O2. The maximum atomic E-state index is 12.4. The van der Waals surface area contributed by atoms with E-state index < -0.39 is 5.60 Å². The first-order valence-electron chi connectivity index (χ1n) is 6.73. The molecule has 1 aliphatic heterocycles. The molecule has 4 nitrogen and oxygen atoms in total. The fourth-order valence-corrected chi connectivity index (χ4v) is 2.59. The highest BCUT2D eigenvalue weighted by molar-refractivity contribution is 5.84. The van der Waals surface area contributed by atoms with Crippen molar-refractivity contribution in [2.24, 2.45) is 5.73 Å². The number of nitrogens with zero attached hydrogens (tertiary/aromatic N) is 1. The summed E-state index contributed by atoms with van der Waals surface area (Å²) in [5.41, 5.74) is 7.26. The summed E-state index contributed by atoms with van der Waals surface area (Å²) in [6, 6.07) is 7.96. The molecule has 1 fully saturated rings. The van der Waals surface area contributed by atoms with Gasteiger partial charge in [-0.1, -0.05) is 24.3 Å². The van der Waals surface area contributed by atoms with Gasteiger partial charge in [-0.05, 0) is 30.9 Å². The number of likely N-dealkylation sites (N-methyl/N-ethyl adjacent to an activating group) is 1. The average molecular weight is 262 g/mol. The molecule has 1 amide bonds. The molecule has 19 heavy (non-hydrogen) atoms. The summed E-state index contributed by atoms with van der Waals surface area (Å²) in [4.78, 5) is 14.2. The third kappa shape index (κ3) is 2.96. The van der Waals surface area contributed by atoms with Gasteiger partial charge in [-0.15, -0.1) is 0 Å². The molecule has 4 heteroatoms. The van der Waals surface area contributed by atoms with Gasteiger partial charge < -0.3 is 15.4 Å². The number of rotatable bonds is 4. The summed E-state index contributed by atoms with van der Waals surface area (Å²) in [6.45, 7) is 3.63. The van der Waals surface area contributed by atoms with Crippen LogP contribution >= 0.6 is 0 Å². The van der Waals surface area contributed by atoms with E-state index in [9.17, 15) is 4.79 Å². The van der Waals surface area contributed by atoms with E-state index in [0.29, 0.717) is 19.7 Å². The zero-order valence-electron chi connectivity index (χ0n) is 11.7. The molecule has 0 aliphatic carbocycles. The van der Waals surface area contributed by atoms with Gasteiger partial charge in [0.15, 0.2) is 0 Å². The number of carbonyl (C=O) groups excluding carboxylic acids is 1. The molecule has 0 aromatic heterocycles. The maximum Gasteiger partial charge on any atom is 0.254 e. The summed E-state index contributed by atoms with van der Waals surface area (Å²) in [5.74, 6) is 0.0526. The predicted octanol–water partition coefficient (Wildman–Crippen LogP) is 1.67. The number of hydrogen-bond donors (Lipinski definition) is 1. The standard InChI is InChI=1S/C15H22N2O2/c1-15(8-5-9-19-15)14(18)17(2)11-13-7-4-3-6-12(13)10-16/h3-4,6-7H,5,8-11,16H2,1-2H3. The highest BCUT2D eigenvalue weighted by atomic mass is 16.5. The molecular weight excluding hydrogens is 240 g/mol. The Balaban J connectivity index is 2.08. The monoisotopic (exact) mass is 262 g/mol. The second-order valence-corrected chi connectivity index (χ2v) is 5.32. The lowest BCUT2D eigenvalue weighted by molar-refractivity contribution is -0.150. The first-order chi connectivity index (χ1) is 9.07. The van der Waals surface area contributed by atoms with Gasteiger partial charge >= 0.3 is 0 Å². The Kier molecular flexibility index (Phi) is 4.22. The largest absolute Gasteiger partial charge is 0.365 e. The third-order valence-corrected chi connectivity index (χ3v) is 3.76. The lowest BCUT2D eigenvalue weighted by atomic mass is 10.0. The predicted molar refractivity (Wildman–Crippen MR) is 74.4 cm³/mol. The van der Waals surface area contributed by atoms with Crippen LogP contribution in [0.1, 0.15) is 30.9 Å². The molecule has 1 saturated heterocycles. The van der Waals surface area contributed by atoms with Crippen LogP contribution in [0.4, 0.5) is 0 Å². The van der Waals surface area contributed by atoms with Crippen LogP contribution < -0.4 is 5.73 Å². The van der Waals surface area contributed by atoms with Crippen LogP contribution in [0.15, 0.2) is 24.3 Å². The van der Waals surface area contributed by atoms with E-state index in [0.717, 1.165) is 24.0 Å². The fraction of sp³-hybridized carbons (Fsp3) is 0.533. The van der Waals surface area contributed by atoms with E-state index in [-0.39, 0.29) is 5.91 Å². The average Bonchev–Trinajstić information content (AvgIpc) is 2.86. The second-order valence-electron chi connectivity index (χ2n) is 5.32. The minimum Gasteiger partial charge on any atom is -0.365 e. The highest BCUT2D eigenvalue weighted by Gasteiger charge is 2.39. The minimum absolute atomic E-state index is 0.0526. The molecule has 2 rings (SSSR count). The van der Waals surface area contributed by atoms with Crippen molar-refractivity contribution in [1.82, 2.24) is 4.90 Å². The number of benzene rings is 1. The second kappa shape index (κ2) is 5.72. The Bertz CT molecular complexity index is 453. The molecule has 1 aromatic rings. The van der Waals surface area contributed by atoms with Crippen LogP contribution in [0.5, 0.6) is 0 Å². The van der Waals surface area contributed by atoms with E-state index in [4.69, 9.17) is 10.5 Å². The molecule has 0 saturated carbocycles. The molecule has 2 N–H and O–H groups in total. The number of amides is 1. The number of ether oxygens (including phenoxy) is 1. The van der Waals surface area contributed by atoms with Crippen molar-refractivity contribution in [1.29, 1.82) is 0 Å². The van der Waals surface area contributed by atoms with Crippen LogP contribution in [0.2, 0.25) is 0 Å². The number of nitrogens with two attached hydrogens (primary N) is 1. The normalized spacial score (nSPS) is 22.5. The Hall–Kier alpha value is -1.39. The lowest BCUT2D eigenvalue weighted by Crippen LogP contribution is -2.44. The first kappa shape index (κ1) is 14.0. The molecule has 1 aromatic carbocycles. The lowest BCUT2D eigenvalue weighted by Gasteiger charge is -2.28. The summed E-state index contributed by atoms with van der Waals surface area (Å²) < 4.78 is 5.60. The molecule has 0 spiro atoms. The smallest absolute Gasteiger partial charge is 0.254 e. The van der Waals surface area contributed by atoms with Crippen molar-refractivity contribution >= 4 is 5.91 Å². The Morgan fingerprint density at radius 1 is 1.42 bits per heavy atom. The summed E-state index contributed by atoms with van der Waals surface area (Å²) in [6.07, 6.45) is 1.75. The SMILES string of the molecule is CN(Cc1ccccc1CN)C(=O)C1(C)CCCO1. The van der Waals surface area contributed by atoms with Crippen molar-refractivity contribution in [3.8, 4) is 0 Å². The van der Waals surface area contributed by atoms with Gasteiger partial charge in [0.1, 0.15) is 5.60 Å². The van der Waals surface area contributed by atoms with E-state index in [1.54, 1.807) is 4.90 Å². The van der Waals surface area contributed by atoms with Gasteiger partial charge in [0.05, 0.1) is 0 Å². The molecule has 0 bridgehead atoms. The quantitative estimate of drug-likeness (QED) is 0.898. The van der Waals surface area contributed by atoms with Crippen LogP contribution in [0.3, 0.4) is 0 Å². The number of carbonyl (C=O) groups is 1. The maximum absolute atomic E-state index is 12.4. The summed E-state index contributed by atoms with van der Waals surface area (Å²) >= 11 is 0. The van der Waals surface area contributed by atoms with Gasteiger partial charge in [-0.2, -0.15) is 0 Å². The van der Waals surface area contributed by atoms with Crippen LogP contribution in [-0.4, -0.2) is 30.1 Å². The van der Waals surface area contributed by atoms with Crippen LogP contribution in [-0.2, 0) is 22.6 Å². The van der Waals surface area contributed by atoms with E-state index in [2.05, 4.69) is 0 Å². The third-order valence-electron chi connectivity index (χ3n) is 3.76. The molecule has 104 valence electrons. The van der Waals surface area contributed by atoms with Crippen molar-refractivity contribution in [3.63, 3.8) is 0 Å². The fourth-order valence-electron chi connectivity index (χ4n) is 2.59. The highest BCUT2D eigenvalue weighted by Crippen LogP contribution is 2.27. The zero-order chi connectivity index (χ0) is 13.9. The summed E-state index contributed by atoms with van der Waals surface area (Å²) in [7, 11) is 1.82. The van der Waals surface area contributed by atoms with Gasteiger partial charge in [0.25, 0.3) is 5.91 Å². The molecule has 0 radical (unpaired) electrons. The summed E-state index contributed by atoms with van der Waals surface area (Å²) in [5, 5.41) is 0. The first-order valence-corrected chi connectivity index (χ1v) is 6.73. The zero-order valence-corrected chi connectivity index (χ0v) is 11.7. The van der Waals surface area contributed by atoms with Crippen molar-refractivity contribution in [2.45, 2.75) is 38.5 Å². The molecule has 1 heterocycles. The van der Waals surface area contributed by atoms with Gasteiger partial charge in [-0.25, -0.2) is 0 Å². The van der Waals surface area contributed by atoms with E-state index in [1.165, 1.54) is 0 Å². The van der Waals surface area contributed by atoms with Crippen molar-refractivity contribution in [2.75, 3.05) is 13.7 Å². The molecule has 1 atom stereocenters. The van der Waals surface area contributed by atoms with Crippen molar-refractivity contribution < 1.29 is 9.53 Å². The van der Waals surface area contributed by atoms with Crippen molar-refractivity contribution in [3.05, 3.63) is 35.4 Å². The molecule has 1 aliphatic rings. The Morgan fingerprint density at radius 2 is 2.11 bits per heavy atom. The molecule has 1 unspecified atom stereocenters. The minimum atomic E-state index is -0.646. The topological polar surface area (TPSA) is 55.6 Å².